The second kappa shape index (κ2) is 9.17. The van der Waals surface area contributed by atoms with Crippen LogP contribution in [0.5, 0.6) is 0 Å². The first kappa shape index (κ1) is 27.1. The number of esters is 1. The molecule has 6 atom stereocenters. The van der Waals surface area contributed by atoms with Crippen LogP contribution in [-0.2, 0) is 23.9 Å². The smallest absolute Gasteiger partial charge is 0.338 e. The van der Waals surface area contributed by atoms with E-state index in [-0.39, 0.29) is 11.1 Å². The van der Waals surface area contributed by atoms with E-state index in [1.54, 1.807) is 38.2 Å². The zero-order valence-corrected chi connectivity index (χ0v) is 21.2. The van der Waals surface area contributed by atoms with Crippen molar-refractivity contribution in [1.82, 2.24) is 0 Å². The first-order valence-electron chi connectivity index (χ1n) is 11.7. The number of rotatable bonds is 6. The van der Waals surface area contributed by atoms with Crippen LogP contribution in [0, 0.1) is 23.2 Å². The van der Waals surface area contributed by atoms with Crippen LogP contribution in [0.4, 0.5) is 0 Å². The van der Waals surface area contributed by atoms with Crippen molar-refractivity contribution in [1.29, 1.82) is 0 Å². The van der Waals surface area contributed by atoms with Crippen LogP contribution in [0.2, 0.25) is 0 Å². The summed E-state index contributed by atoms with van der Waals surface area (Å²) in [5.74, 6) is -8.17. The molecule has 0 aromatic heterocycles. The standard InChI is InChI=1S/C28H32O8/c1-7-9-11-13-16(29)18-20-21(28(6)22(31)15(3)24(33)36-28)19(17(30)14-12-10-8-2)26(4,23(18)32)25(34)27(20,5)35/h7-14,19-21,29,31,35H,1-6H3/b9-7+,10-8+,13-11+,14-12+,18-16-/t19-,20-,21+,26-,27+,28+/m1/s1. The van der Waals surface area contributed by atoms with Gasteiger partial charge in [0.1, 0.15) is 22.5 Å². The first-order valence-corrected chi connectivity index (χ1v) is 11.7. The van der Waals surface area contributed by atoms with Crippen molar-refractivity contribution >= 4 is 23.3 Å². The monoisotopic (exact) mass is 496 g/mol. The molecule has 3 fully saturated rings. The molecule has 0 amide bonds. The Kier molecular flexibility index (Phi) is 6.89. The van der Waals surface area contributed by atoms with E-state index in [1.165, 1.54) is 52.0 Å². The quantitative estimate of drug-likeness (QED) is 0.167. The molecule has 36 heavy (non-hydrogen) atoms. The molecule has 0 unspecified atom stereocenters. The van der Waals surface area contributed by atoms with E-state index in [0.29, 0.717) is 0 Å². The number of aliphatic hydroxyl groups excluding tert-OH is 2. The van der Waals surface area contributed by atoms with Gasteiger partial charge in [0, 0.05) is 23.3 Å². The molecule has 0 saturated heterocycles. The Balaban J connectivity index is 2.41. The largest absolute Gasteiger partial charge is 0.508 e. The van der Waals surface area contributed by atoms with Crippen molar-refractivity contribution in [3.63, 3.8) is 0 Å². The average Bonchev–Trinajstić information content (AvgIpc) is 3.01. The van der Waals surface area contributed by atoms with Gasteiger partial charge in [0.15, 0.2) is 23.0 Å². The molecule has 0 aromatic carbocycles. The van der Waals surface area contributed by atoms with Gasteiger partial charge in [0.25, 0.3) is 0 Å². The molecule has 0 spiro atoms. The molecule has 0 aromatic rings. The Hall–Kier alpha value is -3.52. The van der Waals surface area contributed by atoms with Gasteiger partial charge in [-0.25, -0.2) is 4.79 Å². The van der Waals surface area contributed by atoms with Crippen LogP contribution < -0.4 is 0 Å². The van der Waals surface area contributed by atoms with Gasteiger partial charge >= 0.3 is 5.97 Å². The van der Waals surface area contributed by atoms with E-state index < -0.39 is 69.2 Å². The van der Waals surface area contributed by atoms with Crippen LogP contribution in [0.3, 0.4) is 0 Å². The molecular weight excluding hydrogens is 464 g/mol. The number of cyclic esters (lactones) is 1. The van der Waals surface area contributed by atoms with E-state index >= 15 is 0 Å². The first-order chi connectivity index (χ1) is 16.7. The highest BCUT2D eigenvalue weighted by atomic mass is 16.6. The van der Waals surface area contributed by atoms with Gasteiger partial charge in [0.05, 0.1) is 5.57 Å². The topological polar surface area (TPSA) is 138 Å². The summed E-state index contributed by atoms with van der Waals surface area (Å²) in [7, 11) is 0. The third-order valence-electron chi connectivity index (χ3n) is 7.68. The molecule has 1 heterocycles. The lowest BCUT2D eigenvalue weighted by molar-refractivity contribution is -0.203. The fourth-order valence-electron chi connectivity index (χ4n) is 5.93. The Morgan fingerprint density at radius 2 is 1.53 bits per heavy atom. The molecule has 2 bridgehead atoms. The van der Waals surface area contributed by atoms with Crippen molar-refractivity contribution in [2.75, 3.05) is 0 Å². The van der Waals surface area contributed by atoms with Gasteiger partial charge in [-0.15, -0.1) is 0 Å². The molecule has 0 radical (unpaired) electrons. The SMILES string of the molecule is C/C=C/C=C/C(=O)[C@@H]1[C@H]([C@]2(C)OC(=O)C(C)=C2O)[C@H]2\C(=C(O)/C=C/C=C/C)C(=O)[C@]1(C)C(=O)[C@@]2(C)O. The zero-order valence-electron chi connectivity index (χ0n) is 21.2. The molecule has 192 valence electrons. The van der Waals surface area contributed by atoms with Gasteiger partial charge in [-0.05, 0) is 53.7 Å². The lowest BCUT2D eigenvalue weighted by atomic mass is 9.40. The minimum absolute atomic E-state index is 0.0835. The van der Waals surface area contributed by atoms with Crippen LogP contribution in [0.25, 0.3) is 0 Å². The van der Waals surface area contributed by atoms with Crippen molar-refractivity contribution in [3.05, 3.63) is 71.3 Å². The molecular formula is C28H32O8. The summed E-state index contributed by atoms with van der Waals surface area (Å²) in [6, 6.07) is 0. The number of carbonyl (C=O) groups excluding carboxylic acids is 4. The van der Waals surface area contributed by atoms with Gasteiger partial charge in [0.2, 0.25) is 0 Å². The highest BCUT2D eigenvalue weighted by Gasteiger charge is 2.77. The van der Waals surface area contributed by atoms with Gasteiger partial charge in [-0.2, -0.15) is 0 Å². The number of fused-ring (bicyclic) bond motifs is 3. The van der Waals surface area contributed by atoms with Crippen molar-refractivity contribution in [2.24, 2.45) is 23.2 Å². The Morgan fingerprint density at radius 1 is 0.972 bits per heavy atom. The molecule has 3 aliphatic carbocycles. The summed E-state index contributed by atoms with van der Waals surface area (Å²) in [4.78, 5) is 53.5. The minimum atomic E-state index is -2.22. The van der Waals surface area contributed by atoms with Crippen molar-refractivity contribution in [3.8, 4) is 0 Å². The van der Waals surface area contributed by atoms with Crippen LogP contribution in [-0.4, -0.2) is 49.8 Å². The normalized spacial score (nSPS) is 38.4. The highest BCUT2D eigenvalue weighted by Crippen LogP contribution is 2.64. The predicted octanol–water partition coefficient (Wildman–Crippen LogP) is 3.55. The Labute approximate surface area is 210 Å². The van der Waals surface area contributed by atoms with E-state index in [9.17, 15) is 34.5 Å². The Bertz CT molecular complexity index is 1210. The summed E-state index contributed by atoms with van der Waals surface area (Å²) in [6.45, 7) is 8.72. The lowest BCUT2D eigenvalue weighted by Crippen LogP contribution is -2.75. The summed E-state index contributed by atoms with van der Waals surface area (Å²) < 4.78 is 5.59. The molecule has 1 aliphatic heterocycles. The number of Topliss-reactive ketones (excluding diaryl/α,β-unsaturated/α-hetero) is 2. The van der Waals surface area contributed by atoms with Gasteiger partial charge in [-0.3, -0.25) is 14.4 Å². The van der Waals surface area contributed by atoms with Crippen molar-refractivity contribution < 1.29 is 39.2 Å². The number of allylic oxidation sites excluding steroid dienone is 8. The van der Waals surface area contributed by atoms with E-state index in [0.717, 1.165) is 0 Å². The third kappa shape index (κ3) is 3.63. The molecule has 4 aliphatic rings. The number of ether oxygens (including phenoxy) is 1. The average molecular weight is 497 g/mol. The molecule has 8 heteroatoms. The van der Waals surface area contributed by atoms with Crippen LogP contribution in [0.1, 0.15) is 41.5 Å². The molecule has 8 nitrogen and oxygen atoms in total. The molecule has 3 N–H and O–H groups in total. The number of hydrogen-bond acceptors (Lipinski definition) is 8. The van der Waals surface area contributed by atoms with E-state index in [1.807, 2.05) is 0 Å². The maximum absolute atomic E-state index is 13.8. The maximum Gasteiger partial charge on any atom is 0.338 e. The van der Waals surface area contributed by atoms with E-state index in [2.05, 4.69) is 0 Å². The fraction of sp³-hybridized carbons (Fsp3) is 0.429. The predicted molar refractivity (Wildman–Crippen MR) is 132 cm³/mol. The minimum Gasteiger partial charge on any atom is -0.508 e. The number of aliphatic hydroxyl groups is 3. The van der Waals surface area contributed by atoms with Crippen LogP contribution in [0.15, 0.2) is 71.3 Å². The highest BCUT2D eigenvalue weighted by molar-refractivity contribution is 6.24. The van der Waals surface area contributed by atoms with Crippen molar-refractivity contribution in [2.45, 2.75) is 52.7 Å². The summed E-state index contributed by atoms with van der Waals surface area (Å²) in [6.07, 6.45) is 12.0. The summed E-state index contributed by atoms with van der Waals surface area (Å²) in [5.41, 5.74) is -6.53. The third-order valence-corrected chi connectivity index (χ3v) is 7.68. The summed E-state index contributed by atoms with van der Waals surface area (Å²) in [5, 5.41) is 33.5. The van der Waals surface area contributed by atoms with Crippen LogP contribution >= 0.6 is 0 Å². The van der Waals surface area contributed by atoms with Gasteiger partial charge in [-0.1, -0.05) is 36.5 Å². The molecule has 4 rings (SSSR count). The van der Waals surface area contributed by atoms with E-state index in [4.69, 9.17) is 4.74 Å². The number of hydrogen-bond donors (Lipinski definition) is 3. The number of carbonyl (C=O) groups is 4. The summed E-state index contributed by atoms with van der Waals surface area (Å²) >= 11 is 0. The molecule has 3 saturated carbocycles. The lowest BCUT2D eigenvalue weighted by Gasteiger charge is -2.60. The maximum atomic E-state index is 13.8. The zero-order chi connectivity index (χ0) is 27.2. The number of ketones is 3. The fourth-order valence-corrected chi connectivity index (χ4v) is 5.93. The second-order valence-electron chi connectivity index (χ2n) is 9.93. The second-order valence-corrected chi connectivity index (χ2v) is 9.93. The Morgan fingerprint density at radius 3 is 2.03 bits per heavy atom. The van der Waals surface area contributed by atoms with Gasteiger partial charge < -0.3 is 20.1 Å².